The van der Waals surface area contributed by atoms with Gasteiger partial charge in [-0.2, -0.15) is 4.98 Å². The fourth-order valence-electron chi connectivity index (χ4n) is 1.77. The molecule has 7 nitrogen and oxygen atoms in total. The quantitative estimate of drug-likeness (QED) is 0.929. The molecule has 0 saturated carbocycles. The van der Waals surface area contributed by atoms with Gasteiger partial charge in [0.05, 0.1) is 17.0 Å². The van der Waals surface area contributed by atoms with Crippen molar-refractivity contribution in [1.29, 1.82) is 0 Å². The molecule has 0 atom stereocenters. The van der Waals surface area contributed by atoms with E-state index in [1.165, 1.54) is 11.0 Å². The fraction of sp³-hybridized carbons (Fsp3) is 0.286. The summed E-state index contributed by atoms with van der Waals surface area (Å²) >= 11 is 6.08. The highest BCUT2D eigenvalue weighted by atomic mass is 35.5. The summed E-state index contributed by atoms with van der Waals surface area (Å²) < 4.78 is 4.79. The lowest BCUT2D eigenvalue weighted by Gasteiger charge is -2.12. The molecular formula is C14H15ClN4O3. The first-order chi connectivity index (χ1) is 10.4. The van der Waals surface area contributed by atoms with Crippen LogP contribution in [0.25, 0.3) is 0 Å². The maximum atomic E-state index is 11.9. The Hall–Kier alpha value is -2.41. The Bertz CT molecular complexity index is 712. The van der Waals surface area contributed by atoms with Crippen LogP contribution in [0.5, 0.6) is 0 Å². The summed E-state index contributed by atoms with van der Waals surface area (Å²) in [5.74, 6) is 0.201. The van der Waals surface area contributed by atoms with Crippen molar-refractivity contribution < 1.29 is 14.1 Å². The maximum absolute atomic E-state index is 11.9. The van der Waals surface area contributed by atoms with Crippen LogP contribution in [-0.4, -0.2) is 41.0 Å². The topological polar surface area (TPSA) is 88.3 Å². The molecule has 0 saturated heterocycles. The van der Waals surface area contributed by atoms with E-state index in [1.807, 2.05) is 0 Å². The van der Waals surface area contributed by atoms with Crippen molar-refractivity contribution in [3.05, 3.63) is 40.5 Å². The van der Waals surface area contributed by atoms with E-state index in [2.05, 4.69) is 15.5 Å². The van der Waals surface area contributed by atoms with Crippen molar-refractivity contribution in [3.63, 3.8) is 0 Å². The van der Waals surface area contributed by atoms with Crippen molar-refractivity contribution in [2.75, 3.05) is 19.4 Å². The van der Waals surface area contributed by atoms with Gasteiger partial charge in [-0.25, -0.2) is 0 Å². The zero-order valence-corrected chi connectivity index (χ0v) is 13.1. The maximum Gasteiger partial charge on any atom is 0.254 e. The number of carbonyl (C=O) groups is 2. The standard InChI is InChI=1S/C14H15ClN4O3/c1-8-16-12(18-22-8)7-13(20)17-9-4-5-10(11(15)6-9)14(21)19(2)3/h4-6H,7H2,1-3H3,(H,17,20). The van der Waals surface area contributed by atoms with Gasteiger partial charge in [0.1, 0.15) is 0 Å². The lowest BCUT2D eigenvalue weighted by molar-refractivity contribution is -0.115. The molecule has 0 aliphatic heterocycles. The molecule has 2 rings (SSSR count). The van der Waals surface area contributed by atoms with Crippen LogP contribution in [0.1, 0.15) is 22.1 Å². The van der Waals surface area contributed by atoms with E-state index in [-0.39, 0.29) is 23.3 Å². The molecule has 0 fully saturated rings. The third-order valence-corrected chi connectivity index (χ3v) is 3.09. The van der Waals surface area contributed by atoms with Crippen LogP contribution in [0, 0.1) is 6.92 Å². The van der Waals surface area contributed by atoms with Gasteiger partial charge in [-0.15, -0.1) is 0 Å². The third-order valence-electron chi connectivity index (χ3n) is 2.78. The summed E-state index contributed by atoms with van der Waals surface area (Å²) in [4.78, 5) is 29.1. The van der Waals surface area contributed by atoms with Crippen molar-refractivity contribution in [2.45, 2.75) is 13.3 Å². The normalized spacial score (nSPS) is 10.4. The molecule has 0 bridgehead atoms. The highest BCUT2D eigenvalue weighted by Crippen LogP contribution is 2.22. The zero-order chi connectivity index (χ0) is 16.3. The molecule has 1 aromatic heterocycles. The number of hydrogen-bond acceptors (Lipinski definition) is 5. The SMILES string of the molecule is Cc1nc(CC(=O)Nc2ccc(C(=O)N(C)C)c(Cl)c2)no1. The molecule has 0 aliphatic carbocycles. The number of nitrogens with zero attached hydrogens (tertiary/aromatic N) is 3. The molecule has 0 spiro atoms. The van der Waals surface area contributed by atoms with Crippen LogP contribution >= 0.6 is 11.6 Å². The van der Waals surface area contributed by atoms with E-state index in [0.29, 0.717) is 23.0 Å². The second kappa shape index (κ2) is 6.57. The summed E-state index contributed by atoms with van der Waals surface area (Å²) in [7, 11) is 3.28. The number of benzene rings is 1. The highest BCUT2D eigenvalue weighted by molar-refractivity contribution is 6.34. The van der Waals surface area contributed by atoms with Crippen LogP contribution in [-0.2, 0) is 11.2 Å². The third kappa shape index (κ3) is 3.82. The molecule has 2 amide bonds. The second-order valence-electron chi connectivity index (χ2n) is 4.85. The predicted octanol–water partition coefficient (Wildman–Crippen LogP) is 1.91. The van der Waals surface area contributed by atoms with Crippen LogP contribution in [0.4, 0.5) is 5.69 Å². The Balaban J connectivity index is 2.05. The minimum Gasteiger partial charge on any atom is -0.345 e. The first-order valence-electron chi connectivity index (χ1n) is 6.47. The Morgan fingerprint density at radius 1 is 1.36 bits per heavy atom. The smallest absolute Gasteiger partial charge is 0.254 e. The van der Waals surface area contributed by atoms with Gasteiger partial charge in [-0.05, 0) is 18.2 Å². The number of amides is 2. The monoisotopic (exact) mass is 322 g/mol. The molecule has 0 unspecified atom stereocenters. The van der Waals surface area contributed by atoms with E-state index in [0.717, 1.165) is 0 Å². The average Bonchev–Trinajstić information content (AvgIpc) is 2.83. The summed E-state index contributed by atoms with van der Waals surface area (Å²) in [5, 5.41) is 6.58. The molecule has 0 aliphatic rings. The van der Waals surface area contributed by atoms with Gasteiger partial charge in [0, 0.05) is 26.7 Å². The lowest BCUT2D eigenvalue weighted by Crippen LogP contribution is -2.22. The van der Waals surface area contributed by atoms with Gasteiger partial charge < -0.3 is 14.7 Å². The number of nitrogens with one attached hydrogen (secondary N) is 1. The van der Waals surface area contributed by atoms with Gasteiger partial charge in [-0.3, -0.25) is 9.59 Å². The van der Waals surface area contributed by atoms with Gasteiger partial charge >= 0.3 is 0 Å². The molecular weight excluding hydrogens is 308 g/mol. The Labute approximate surface area is 132 Å². The molecule has 116 valence electrons. The van der Waals surface area contributed by atoms with Crippen molar-refractivity contribution in [3.8, 4) is 0 Å². The molecule has 1 heterocycles. The Morgan fingerprint density at radius 2 is 2.09 bits per heavy atom. The van der Waals surface area contributed by atoms with Crippen molar-refractivity contribution >= 4 is 29.1 Å². The summed E-state index contributed by atoms with van der Waals surface area (Å²) in [6.07, 6.45) is -0.00661. The molecule has 8 heteroatoms. The van der Waals surface area contributed by atoms with Crippen LogP contribution in [0.2, 0.25) is 5.02 Å². The van der Waals surface area contributed by atoms with E-state index in [1.54, 1.807) is 33.2 Å². The first kappa shape index (κ1) is 16.0. The van der Waals surface area contributed by atoms with E-state index < -0.39 is 0 Å². The Kier molecular flexibility index (Phi) is 4.77. The summed E-state index contributed by atoms with van der Waals surface area (Å²) in [6.45, 7) is 1.65. The summed E-state index contributed by atoms with van der Waals surface area (Å²) in [5.41, 5.74) is 0.865. The summed E-state index contributed by atoms with van der Waals surface area (Å²) in [6, 6.07) is 4.71. The molecule has 1 aromatic carbocycles. The first-order valence-corrected chi connectivity index (χ1v) is 6.85. The average molecular weight is 323 g/mol. The van der Waals surface area contributed by atoms with Gasteiger partial charge in [0.15, 0.2) is 5.82 Å². The fourth-order valence-corrected chi connectivity index (χ4v) is 2.03. The molecule has 22 heavy (non-hydrogen) atoms. The molecule has 1 N–H and O–H groups in total. The van der Waals surface area contributed by atoms with Crippen LogP contribution < -0.4 is 5.32 Å². The van der Waals surface area contributed by atoms with Gasteiger partial charge in [0.25, 0.3) is 5.91 Å². The van der Waals surface area contributed by atoms with E-state index >= 15 is 0 Å². The lowest BCUT2D eigenvalue weighted by atomic mass is 10.2. The number of aryl methyl sites for hydroxylation is 1. The minimum atomic E-state index is -0.302. The number of rotatable bonds is 4. The van der Waals surface area contributed by atoms with Crippen molar-refractivity contribution in [2.24, 2.45) is 0 Å². The largest absolute Gasteiger partial charge is 0.345 e. The van der Waals surface area contributed by atoms with Crippen molar-refractivity contribution in [1.82, 2.24) is 15.0 Å². The molecule has 2 aromatic rings. The van der Waals surface area contributed by atoms with Crippen LogP contribution in [0.3, 0.4) is 0 Å². The highest BCUT2D eigenvalue weighted by Gasteiger charge is 2.14. The predicted molar refractivity (Wildman–Crippen MR) is 80.8 cm³/mol. The van der Waals surface area contributed by atoms with Gasteiger partial charge in [0.2, 0.25) is 11.8 Å². The number of carbonyl (C=O) groups excluding carboxylic acids is 2. The minimum absolute atomic E-state index is 0.00661. The Morgan fingerprint density at radius 3 is 2.64 bits per heavy atom. The van der Waals surface area contributed by atoms with Crippen LogP contribution in [0.15, 0.2) is 22.7 Å². The number of anilines is 1. The zero-order valence-electron chi connectivity index (χ0n) is 12.4. The number of halogens is 1. The number of aromatic nitrogens is 2. The molecule has 0 radical (unpaired) electrons. The second-order valence-corrected chi connectivity index (χ2v) is 5.26. The number of hydrogen-bond donors (Lipinski definition) is 1. The van der Waals surface area contributed by atoms with E-state index in [4.69, 9.17) is 16.1 Å². The van der Waals surface area contributed by atoms with E-state index in [9.17, 15) is 9.59 Å². The van der Waals surface area contributed by atoms with Gasteiger partial charge in [-0.1, -0.05) is 16.8 Å².